The van der Waals surface area contributed by atoms with Gasteiger partial charge < -0.3 is 25.3 Å². The molecule has 0 fully saturated rings. The van der Waals surface area contributed by atoms with Crippen LogP contribution in [0.15, 0.2) is 0 Å². The fourth-order valence-corrected chi connectivity index (χ4v) is 3.99. The Morgan fingerprint density at radius 1 is 1.00 bits per heavy atom. The molecule has 12 nitrogen and oxygen atoms in total. The van der Waals surface area contributed by atoms with Gasteiger partial charge in [0, 0.05) is 25.4 Å². The molecule has 14 heteroatoms. The van der Waals surface area contributed by atoms with Crippen molar-refractivity contribution in [3.63, 3.8) is 0 Å². The van der Waals surface area contributed by atoms with Crippen LogP contribution in [-0.2, 0) is 28.8 Å². The number of unbranched alkanes of at least 4 members (excludes halogenated alkanes) is 1. The van der Waals surface area contributed by atoms with Crippen LogP contribution in [0.25, 0.3) is 0 Å². The Morgan fingerprint density at radius 3 is 2.00 bits per heavy atom. The minimum absolute atomic E-state index is 0.0113. The second kappa shape index (κ2) is 14.8. The van der Waals surface area contributed by atoms with Gasteiger partial charge in [0.15, 0.2) is 0 Å². The number of carbonyl (C=O) groups is 4. The van der Waals surface area contributed by atoms with Crippen molar-refractivity contribution in [2.45, 2.75) is 38.8 Å². The SMILES string of the molecule is CC(=O)N[C@@H](CSSC[C@H](NC(C)=O)C(=O)OCCCCO[N+](=O)[O-])C(=O)O. The predicted molar refractivity (Wildman–Crippen MR) is 101 cm³/mol. The molecule has 2 atom stereocenters. The molecule has 28 heavy (non-hydrogen) atoms. The molecule has 3 N–H and O–H groups in total. The lowest BCUT2D eigenvalue weighted by Gasteiger charge is -2.17. The first-order valence-electron chi connectivity index (χ1n) is 8.08. The van der Waals surface area contributed by atoms with Gasteiger partial charge in [-0.1, -0.05) is 21.6 Å². The van der Waals surface area contributed by atoms with E-state index in [0.717, 1.165) is 21.6 Å². The molecule has 0 aliphatic carbocycles. The topological polar surface area (TPSA) is 174 Å². The van der Waals surface area contributed by atoms with Crippen LogP contribution in [-0.4, -0.2) is 70.7 Å². The number of carbonyl (C=O) groups excluding carboxylic acids is 3. The van der Waals surface area contributed by atoms with E-state index in [1.807, 2.05) is 0 Å². The summed E-state index contributed by atoms with van der Waals surface area (Å²) in [6.45, 7) is 2.35. The van der Waals surface area contributed by atoms with Crippen LogP contribution in [0.1, 0.15) is 26.7 Å². The fraction of sp³-hybridized carbons (Fsp3) is 0.714. The van der Waals surface area contributed by atoms with Crippen LogP contribution in [0.2, 0.25) is 0 Å². The van der Waals surface area contributed by atoms with Gasteiger partial charge in [0.2, 0.25) is 11.8 Å². The number of hydrogen-bond donors (Lipinski definition) is 3. The van der Waals surface area contributed by atoms with Crippen molar-refractivity contribution in [3.05, 3.63) is 10.1 Å². The van der Waals surface area contributed by atoms with Gasteiger partial charge in [-0.25, -0.2) is 9.59 Å². The third kappa shape index (κ3) is 13.9. The molecule has 0 saturated heterocycles. The predicted octanol–water partition coefficient (Wildman–Crippen LogP) is -0.00650. The highest BCUT2D eigenvalue weighted by Crippen LogP contribution is 2.23. The summed E-state index contributed by atoms with van der Waals surface area (Å²) in [6.07, 6.45) is 0.675. The summed E-state index contributed by atoms with van der Waals surface area (Å²) in [4.78, 5) is 59.4. The van der Waals surface area contributed by atoms with Crippen LogP contribution in [0.5, 0.6) is 0 Å². The minimum Gasteiger partial charge on any atom is -0.480 e. The quantitative estimate of drug-likeness (QED) is 0.102. The number of rotatable bonds is 15. The molecular weight excluding hydrogens is 418 g/mol. The first-order valence-corrected chi connectivity index (χ1v) is 10.6. The summed E-state index contributed by atoms with van der Waals surface area (Å²) in [5.74, 6) is -2.56. The molecule has 2 amide bonds. The monoisotopic (exact) mass is 441 g/mol. The number of ether oxygens (including phenoxy) is 1. The van der Waals surface area contributed by atoms with Gasteiger partial charge in [-0.2, -0.15) is 0 Å². The highest BCUT2D eigenvalue weighted by atomic mass is 33.1. The number of carboxylic acid groups (broad SMARTS) is 1. The van der Waals surface area contributed by atoms with E-state index in [4.69, 9.17) is 9.84 Å². The van der Waals surface area contributed by atoms with Gasteiger partial charge in [0.25, 0.3) is 5.09 Å². The molecule has 0 aliphatic rings. The average molecular weight is 441 g/mol. The lowest BCUT2D eigenvalue weighted by molar-refractivity contribution is -0.757. The summed E-state index contributed by atoms with van der Waals surface area (Å²) in [7, 11) is 2.27. The lowest BCUT2D eigenvalue weighted by atomic mass is 10.3. The number of amides is 2. The van der Waals surface area contributed by atoms with Gasteiger partial charge in [-0.05, 0) is 12.8 Å². The maximum atomic E-state index is 12.1. The summed E-state index contributed by atoms with van der Waals surface area (Å²) < 4.78 is 5.03. The van der Waals surface area contributed by atoms with Crippen molar-refractivity contribution >= 4 is 45.3 Å². The summed E-state index contributed by atoms with van der Waals surface area (Å²) >= 11 is 0. The first-order chi connectivity index (χ1) is 13.1. The normalized spacial score (nSPS) is 12.4. The van der Waals surface area contributed by atoms with E-state index in [9.17, 15) is 29.3 Å². The van der Waals surface area contributed by atoms with Gasteiger partial charge in [0.05, 0.1) is 13.2 Å². The van der Waals surface area contributed by atoms with Crippen molar-refractivity contribution < 1.29 is 38.9 Å². The number of nitrogens with zero attached hydrogens (tertiary/aromatic N) is 1. The zero-order valence-corrected chi connectivity index (χ0v) is 17.0. The van der Waals surface area contributed by atoms with Gasteiger partial charge >= 0.3 is 11.9 Å². The molecule has 0 unspecified atom stereocenters. The Morgan fingerprint density at radius 2 is 1.50 bits per heavy atom. The zero-order valence-electron chi connectivity index (χ0n) is 15.4. The summed E-state index contributed by atoms with van der Waals surface area (Å²) in [6, 6.07) is -2.00. The van der Waals surface area contributed by atoms with Gasteiger partial charge in [-0.3, -0.25) is 9.59 Å². The van der Waals surface area contributed by atoms with Gasteiger partial charge in [0.1, 0.15) is 12.1 Å². The lowest BCUT2D eigenvalue weighted by Crippen LogP contribution is -2.43. The Hall–Kier alpha value is -2.22. The van der Waals surface area contributed by atoms with Crippen LogP contribution in [0.3, 0.4) is 0 Å². The molecule has 160 valence electrons. The van der Waals surface area contributed by atoms with E-state index in [0.29, 0.717) is 12.8 Å². The fourth-order valence-electron chi connectivity index (χ4n) is 1.68. The number of hydrogen-bond acceptors (Lipinski definition) is 10. The molecule has 0 aromatic carbocycles. The smallest absolute Gasteiger partial charge is 0.329 e. The Kier molecular flexibility index (Phi) is 13.6. The zero-order chi connectivity index (χ0) is 21.5. The highest BCUT2D eigenvalue weighted by Gasteiger charge is 2.23. The molecule has 0 radical (unpaired) electrons. The number of esters is 1. The van der Waals surface area contributed by atoms with E-state index in [-0.39, 0.29) is 24.7 Å². The largest absolute Gasteiger partial charge is 0.480 e. The van der Waals surface area contributed by atoms with Gasteiger partial charge in [-0.15, -0.1) is 10.1 Å². The maximum absolute atomic E-state index is 12.1. The standard InChI is InChI=1S/C14H23N3O9S2/c1-9(18)15-11(13(20)21)7-27-28-8-12(16-10(2)19)14(22)25-5-3-4-6-26-17(23)24/h11-12H,3-8H2,1-2H3,(H,15,18)(H,16,19)(H,20,21)/t11-,12-/m0/s1. The van der Waals surface area contributed by atoms with Crippen LogP contribution in [0, 0.1) is 10.1 Å². The molecule has 0 saturated carbocycles. The van der Waals surface area contributed by atoms with E-state index in [1.54, 1.807) is 0 Å². The van der Waals surface area contributed by atoms with Crippen molar-refractivity contribution in [2.24, 2.45) is 0 Å². The molecule has 0 aromatic heterocycles. The molecular formula is C14H23N3O9S2. The Balaban J connectivity index is 4.29. The Labute approximate surface area is 169 Å². The Bertz CT molecular complexity index is 562. The minimum atomic E-state index is -1.18. The van der Waals surface area contributed by atoms with E-state index < -0.39 is 40.9 Å². The molecule has 0 aliphatic heterocycles. The van der Waals surface area contributed by atoms with Crippen molar-refractivity contribution in [1.82, 2.24) is 10.6 Å². The number of nitrogens with one attached hydrogen (secondary N) is 2. The molecule has 0 spiro atoms. The van der Waals surface area contributed by atoms with E-state index in [1.165, 1.54) is 13.8 Å². The van der Waals surface area contributed by atoms with E-state index in [2.05, 4.69) is 15.5 Å². The molecule has 0 bridgehead atoms. The summed E-state index contributed by atoms with van der Waals surface area (Å²) in [5, 5.41) is 22.8. The average Bonchev–Trinajstić information content (AvgIpc) is 2.58. The van der Waals surface area contributed by atoms with Crippen molar-refractivity contribution in [1.29, 1.82) is 0 Å². The second-order valence-electron chi connectivity index (χ2n) is 5.34. The first kappa shape index (κ1) is 25.8. The van der Waals surface area contributed by atoms with Crippen molar-refractivity contribution in [3.8, 4) is 0 Å². The van der Waals surface area contributed by atoms with Crippen molar-refractivity contribution in [2.75, 3.05) is 24.7 Å². The molecule has 0 aromatic rings. The second-order valence-corrected chi connectivity index (χ2v) is 7.90. The third-order valence-electron chi connectivity index (χ3n) is 2.87. The number of carboxylic acids is 1. The van der Waals surface area contributed by atoms with Crippen LogP contribution in [0.4, 0.5) is 0 Å². The maximum Gasteiger partial charge on any atom is 0.329 e. The van der Waals surface area contributed by atoms with Crippen LogP contribution >= 0.6 is 21.6 Å². The highest BCUT2D eigenvalue weighted by molar-refractivity contribution is 8.76. The molecule has 0 heterocycles. The van der Waals surface area contributed by atoms with Crippen LogP contribution < -0.4 is 10.6 Å². The summed E-state index contributed by atoms with van der Waals surface area (Å²) in [5.41, 5.74) is 0. The third-order valence-corrected chi connectivity index (χ3v) is 5.29. The van der Waals surface area contributed by atoms with E-state index >= 15 is 0 Å². The number of aliphatic carboxylic acids is 1. The molecule has 0 rings (SSSR count).